The molecule has 35 heavy (non-hydrogen) atoms. The van der Waals surface area contributed by atoms with E-state index in [4.69, 9.17) is 4.18 Å². The molecule has 2 atom stereocenters. The molecular formula is C24H20N2O8S. The summed E-state index contributed by atoms with van der Waals surface area (Å²) in [6, 6.07) is 15.3. The number of nitro benzene ring substituents is 1. The lowest BCUT2D eigenvalue weighted by atomic mass is 10.0. The Morgan fingerprint density at radius 1 is 0.943 bits per heavy atom. The van der Waals surface area contributed by atoms with Crippen molar-refractivity contribution in [1.29, 1.82) is 0 Å². The number of aliphatic hydroxyl groups excluding tert-OH is 1. The first-order chi connectivity index (χ1) is 16.6. The normalized spacial score (nSPS) is 15.1. The van der Waals surface area contributed by atoms with Crippen molar-refractivity contribution in [3.05, 3.63) is 105 Å². The number of aryl methyl sites for hydroxylation is 1. The van der Waals surface area contributed by atoms with Crippen molar-refractivity contribution in [2.75, 3.05) is 6.61 Å². The predicted octanol–water partition coefficient (Wildman–Crippen LogP) is 3.01. The maximum absolute atomic E-state index is 13.1. The Hall–Kier alpha value is -3.93. The Balaban J connectivity index is 1.68. The topological polar surface area (TPSA) is 144 Å². The number of fused-ring (bicyclic) bond motifs is 1. The first-order valence-electron chi connectivity index (χ1n) is 10.5. The molecule has 1 N–H and O–H groups in total. The van der Waals surface area contributed by atoms with Gasteiger partial charge in [-0.05, 0) is 48.9 Å². The number of carbonyl (C=O) groups is 2. The molecular weight excluding hydrogens is 476 g/mol. The van der Waals surface area contributed by atoms with Gasteiger partial charge in [0.05, 0.1) is 33.6 Å². The molecule has 3 aromatic carbocycles. The summed E-state index contributed by atoms with van der Waals surface area (Å²) >= 11 is 0. The molecule has 0 saturated carbocycles. The Morgan fingerprint density at radius 3 is 2.00 bits per heavy atom. The first-order valence-corrected chi connectivity index (χ1v) is 11.9. The monoisotopic (exact) mass is 496 g/mol. The molecule has 1 heterocycles. The fourth-order valence-corrected chi connectivity index (χ4v) is 4.69. The lowest BCUT2D eigenvalue weighted by Crippen LogP contribution is -2.46. The van der Waals surface area contributed by atoms with Crippen LogP contribution in [-0.4, -0.2) is 47.8 Å². The van der Waals surface area contributed by atoms with Crippen molar-refractivity contribution in [3.63, 3.8) is 0 Å². The van der Waals surface area contributed by atoms with Crippen molar-refractivity contribution in [3.8, 4) is 0 Å². The van der Waals surface area contributed by atoms with Crippen LogP contribution >= 0.6 is 0 Å². The third-order valence-electron chi connectivity index (χ3n) is 5.67. The summed E-state index contributed by atoms with van der Waals surface area (Å²) in [6.45, 7) is 1.05. The van der Waals surface area contributed by atoms with Crippen LogP contribution in [0.1, 0.15) is 37.9 Å². The van der Waals surface area contributed by atoms with Crippen molar-refractivity contribution >= 4 is 27.6 Å². The maximum Gasteiger partial charge on any atom is 0.297 e. The average molecular weight is 496 g/mol. The van der Waals surface area contributed by atoms with Gasteiger partial charge in [0, 0.05) is 12.1 Å². The van der Waals surface area contributed by atoms with Gasteiger partial charge in [-0.1, -0.05) is 29.8 Å². The van der Waals surface area contributed by atoms with E-state index in [1.807, 2.05) is 0 Å². The number of carbonyl (C=O) groups excluding carboxylic acids is 2. The molecule has 0 spiro atoms. The Labute approximate surface area is 200 Å². The van der Waals surface area contributed by atoms with Crippen LogP contribution in [0, 0.1) is 17.0 Å². The SMILES string of the molecule is Cc1ccc(S(=O)(=O)OCC(C(O)c2ccc([N+](=O)[O-])cc2)N2C(=O)c3ccccc3C2=O)cc1. The fraction of sp³-hybridized carbons (Fsp3) is 0.167. The lowest BCUT2D eigenvalue weighted by molar-refractivity contribution is -0.384. The molecule has 0 bridgehead atoms. The largest absolute Gasteiger partial charge is 0.386 e. The first kappa shape index (κ1) is 24.2. The highest BCUT2D eigenvalue weighted by Gasteiger charge is 2.43. The number of hydrogen-bond donors (Lipinski definition) is 1. The Bertz CT molecular complexity index is 1370. The molecule has 10 nitrogen and oxygen atoms in total. The minimum Gasteiger partial charge on any atom is -0.386 e. The number of amides is 2. The molecule has 0 aromatic heterocycles. The van der Waals surface area contributed by atoms with Crippen molar-refractivity contribution in [1.82, 2.24) is 4.90 Å². The van der Waals surface area contributed by atoms with Gasteiger partial charge in [0.1, 0.15) is 6.10 Å². The second-order valence-corrected chi connectivity index (χ2v) is 9.55. The van der Waals surface area contributed by atoms with Gasteiger partial charge in [0.25, 0.3) is 27.6 Å². The zero-order chi connectivity index (χ0) is 25.3. The highest BCUT2D eigenvalue weighted by atomic mass is 32.2. The molecule has 0 fully saturated rings. The van der Waals surface area contributed by atoms with Gasteiger partial charge in [-0.15, -0.1) is 0 Å². The molecule has 3 aromatic rings. The van der Waals surface area contributed by atoms with E-state index in [1.165, 1.54) is 36.4 Å². The maximum atomic E-state index is 13.1. The van der Waals surface area contributed by atoms with E-state index in [-0.39, 0.29) is 27.3 Å². The van der Waals surface area contributed by atoms with E-state index in [2.05, 4.69) is 0 Å². The Morgan fingerprint density at radius 2 is 1.49 bits per heavy atom. The fourth-order valence-electron chi connectivity index (χ4n) is 3.76. The van der Waals surface area contributed by atoms with Gasteiger partial charge in [0.15, 0.2) is 0 Å². The highest BCUT2D eigenvalue weighted by Crippen LogP contribution is 2.31. The predicted molar refractivity (Wildman–Crippen MR) is 123 cm³/mol. The summed E-state index contributed by atoms with van der Waals surface area (Å²) < 4.78 is 30.7. The second-order valence-electron chi connectivity index (χ2n) is 7.94. The van der Waals surface area contributed by atoms with Crippen molar-refractivity contribution < 1.29 is 32.2 Å². The van der Waals surface area contributed by atoms with Crippen LogP contribution in [-0.2, 0) is 14.3 Å². The Kier molecular flexibility index (Phi) is 6.48. The molecule has 11 heteroatoms. The van der Waals surface area contributed by atoms with Crippen LogP contribution in [0.5, 0.6) is 0 Å². The molecule has 2 unspecified atom stereocenters. The van der Waals surface area contributed by atoms with Gasteiger partial charge in [-0.25, -0.2) is 0 Å². The van der Waals surface area contributed by atoms with Crippen LogP contribution in [0.25, 0.3) is 0 Å². The second kappa shape index (κ2) is 9.37. The quantitative estimate of drug-likeness (QED) is 0.217. The number of nitro groups is 1. The molecule has 1 aliphatic rings. The van der Waals surface area contributed by atoms with Gasteiger partial charge < -0.3 is 5.11 Å². The van der Waals surface area contributed by atoms with Crippen molar-refractivity contribution in [2.24, 2.45) is 0 Å². The number of hydrogen-bond acceptors (Lipinski definition) is 8. The number of imide groups is 1. The summed E-state index contributed by atoms with van der Waals surface area (Å²) in [5.74, 6) is -1.43. The molecule has 0 radical (unpaired) electrons. The highest BCUT2D eigenvalue weighted by molar-refractivity contribution is 7.86. The standard InChI is InChI=1S/C24H20N2O8S/c1-15-6-12-18(13-7-15)35(32,33)34-14-21(22(27)16-8-10-17(11-9-16)26(30)31)25-23(28)19-4-2-3-5-20(19)24(25)29/h2-13,21-22,27H,14H2,1H3. The summed E-state index contributed by atoms with van der Waals surface area (Å²) in [4.78, 5) is 37.1. The summed E-state index contributed by atoms with van der Waals surface area (Å²) in [6.07, 6.45) is -1.59. The van der Waals surface area contributed by atoms with Gasteiger partial charge in [-0.3, -0.25) is 28.8 Å². The molecule has 2 amide bonds. The zero-order valence-corrected chi connectivity index (χ0v) is 19.2. The van der Waals surface area contributed by atoms with Crippen LogP contribution in [0.4, 0.5) is 5.69 Å². The van der Waals surface area contributed by atoms with E-state index in [0.29, 0.717) is 0 Å². The number of aliphatic hydroxyl groups is 1. The van der Waals surface area contributed by atoms with Crippen LogP contribution < -0.4 is 0 Å². The van der Waals surface area contributed by atoms with E-state index in [9.17, 15) is 33.2 Å². The smallest absolute Gasteiger partial charge is 0.297 e. The molecule has 4 rings (SSSR count). The minimum atomic E-state index is -4.29. The summed E-state index contributed by atoms with van der Waals surface area (Å²) in [5.41, 5.74) is 0.964. The third kappa shape index (κ3) is 4.69. The van der Waals surface area contributed by atoms with Gasteiger partial charge >= 0.3 is 0 Å². The minimum absolute atomic E-state index is 0.111. The number of rotatable bonds is 8. The van der Waals surface area contributed by atoms with Crippen LogP contribution in [0.2, 0.25) is 0 Å². The number of nitrogens with zero attached hydrogens (tertiary/aromatic N) is 2. The van der Waals surface area contributed by atoms with Gasteiger partial charge in [0.2, 0.25) is 0 Å². The van der Waals surface area contributed by atoms with E-state index < -0.39 is 45.6 Å². The molecule has 0 saturated heterocycles. The average Bonchev–Trinajstić information content (AvgIpc) is 3.10. The van der Waals surface area contributed by atoms with E-state index >= 15 is 0 Å². The lowest BCUT2D eigenvalue weighted by Gasteiger charge is -2.30. The van der Waals surface area contributed by atoms with E-state index in [0.717, 1.165) is 22.6 Å². The van der Waals surface area contributed by atoms with Gasteiger partial charge in [-0.2, -0.15) is 8.42 Å². The van der Waals surface area contributed by atoms with Crippen molar-refractivity contribution in [2.45, 2.75) is 24.0 Å². The molecule has 180 valence electrons. The van der Waals surface area contributed by atoms with Crippen LogP contribution in [0.15, 0.2) is 77.7 Å². The molecule has 1 aliphatic heterocycles. The molecule has 0 aliphatic carbocycles. The summed E-state index contributed by atoms with van der Waals surface area (Å²) in [5, 5.41) is 22.1. The number of benzene rings is 3. The zero-order valence-electron chi connectivity index (χ0n) is 18.4. The number of non-ortho nitro benzene ring substituents is 1. The summed E-state index contributed by atoms with van der Waals surface area (Å²) in [7, 11) is -4.29. The van der Waals surface area contributed by atoms with E-state index in [1.54, 1.807) is 31.2 Å². The van der Waals surface area contributed by atoms with Crippen LogP contribution in [0.3, 0.4) is 0 Å². The third-order valence-corrected chi connectivity index (χ3v) is 6.97.